The lowest BCUT2D eigenvalue weighted by Gasteiger charge is -2.06. The van der Waals surface area contributed by atoms with Gasteiger partial charge in [0, 0.05) is 22.1 Å². The molecule has 1 rings (SSSR count). The molecular formula is C9H9F4NS2. The van der Waals surface area contributed by atoms with Crippen LogP contribution in [0.3, 0.4) is 0 Å². The zero-order valence-corrected chi connectivity index (χ0v) is 9.68. The SMILES string of the molecule is Nc1ccc(SCCSC(F)(F)F)c(F)c1. The Morgan fingerprint density at radius 1 is 1.19 bits per heavy atom. The van der Waals surface area contributed by atoms with Gasteiger partial charge in [-0.05, 0) is 18.2 Å². The fourth-order valence-electron chi connectivity index (χ4n) is 0.943. The molecule has 2 N–H and O–H groups in total. The van der Waals surface area contributed by atoms with Crippen molar-refractivity contribution in [2.24, 2.45) is 0 Å². The number of hydrogen-bond donors (Lipinski definition) is 1. The third-order valence-corrected chi connectivity index (χ3v) is 3.61. The van der Waals surface area contributed by atoms with Crippen LogP contribution < -0.4 is 5.73 Å². The van der Waals surface area contributed by atoms with Crippen LogP contribution in [-0.2, 0) is 0 Å². The number of benzene rings is 1. The van der Waals surface area contributed by atoms with Gasteiger partial charge in [-0.15, -0.1) is 11.8 Å². The summed E-state index contributed by atoms with van der Waals surface area (Å²) in [5, 5.41) is 0. The van der Waals surface area contributed by atoms with Gasteiger partial charge in [0.2, 0.25) is 0 Å². The second-order valence-corrected chi connectivity index (χ2v) is 5.13. The Morgan fingerprint density at radius 3 is 2.44 bits per heavy atom. The van der Waals surface area contributed by atoms with Crippen molar-refractivity contribution >= 4 is 29.2 Å². The molecule has 0 saturated carbocycles. The molecule has 0 bridgehead atoms. The van der Waals surface area contributed by atoms with Gasteiger partial charge in [0.25, 0.3) is 0 Å². The fraction of sp³-hybridized carbons (Fsp3) is 0.333. The highest BCUT2D eigenvalue weighted by molar-refractivity contribution is 8.03. The van der Waals surface area contributed by atoms with E-state index in [9.17, 15) is 17.6 Å². The molecule has 0 aliphatic carbocycles. The molecule has 1 aromatic rings. The van der Waals surface area contributed by atoms with Crippen LogP contribution in [0.25, 0.3) is 0 Å². The topological polar surface area (TPSA) is 26.0 Å². The third-order valence-electron chi connectivity index (χ3n) is 1.56. The molecule has 0 aliphatic rings. The van der Waals surface area contributed by atoms with Crippen molar-refractivity contribution < 1.29 is 17.6 Å². The molecule has 0 heterocycles. The summed E-state index contributed by atoms with van der Waals surface area (Å²) in [4.78, 5) is 0.317. The van der Waals surface area contributed by atoms with E-state index in [0.29, 0.717) is 10.6 Å². The van der Waals surface area contributed by atoms with E-state index in [2.05, 4.69) is 0 Å². The van der Waals surface area contributed by atoms with Crippen LogP contribution in [0.2, 0.25) is 0 Å². The van der Waals surface area contributed by atoms with Gasteiger partial charge >= 0.3 is 5.51 Å². The quantitative estimate of drug-likeness (QED) is 0.391. The fourth-order valence-corrected chi connectivity index (χ4v) is 2.42. The van der Waals surface area contributed by atoms with Gasteiger partial charge < -0.3 is 5.73 Å². The Hall–Kier alpha value is -0.560. The molecule has 0 spiro atoms. The molecule has 0 aliphatic heterocycles. The summed E-state index contributed by atoms with van der Waals surface area (Å²) in [7, 11) is 0. The largest absolute Gasteiger partial charge is 0.441 e. The lowest BCUT2D eigenvalue weighted by Crippen LogP contribution is -2.02. The van der Waals surface area contributed by atoms with Crippen LogP contribution in [0.1, 0.15) is 0 Å². The highest BCUT2D eigenvalue weighted by atomic mass is 32.2. The molecule has 0 atom stereocenters. The zero-order chi connectivity index (χ0) is 12.2. The molecule has 90 valence electrons. The van der Waals surface area contributed by atoms with Crippen LogP contribution >= 0.6 is 23.5 Å². The minimum absolute atomic E-state index is 0.0992. The van der Waals surface area contributed by atoms with E-state index >= 15 is 0 Å². The van der Waals surface area contributed by atoms with E-state index in [0.717, 1.165) is 17.8 Å². The average Bonchev–Trinajstić information content (AvgIpc) is 2.13. The first-order chi connectivity index (χ1) is 7.38. The van der Waals surface area contributed by atoms with E-state index in [-0.39, 0.29) is 23.3 Å². The van der Waals surface area contributed by atoms with Gasteiger partial charge in [0.05, 0.1) is 0 Å². The Kier molecular flexibility index (Phi) is 4.79. The van der Waals surface area contributed by atoms with Crippen molar-refractivity contribution in [3.05, 3.63) is 24.0 Å². The summed E-state index contributed by atoms with van der Waals surface area (Å²) in [6.45, 7) is 0. The molecule has 1 aromatic carbocycles. The van der Waals surface area contributed by atoms with Crippen molar-refractivity contribution in [2.75, 3.05) is 17.2 Å². The average molecular weight is 271 g/mol. The summed E-state index contributed by atoms with van der Waals surface area (Å²) >= 11 is 0.939. The Morgan fingerprint density at radius 2 is 1.88 bits per heavy atom. The van der Waals surface area contributed by atoms with Crippen LogP contribution in [-0.4, -0.2) is 17.0 Å². The highest BCUT2D eigenvalue weighted by Gasteiger charge is 2.27. The first-order valence-corrected chi connectivity index (χ1v) is 6.24. The first-order valence-electron chi connectivity index (χ1n) is 4.27. The Bertz CT molecular complexity index is 354. The number of hydrogen-bond acceptors (Lipinski definition) is 3. The van der Waals surface area contributed by atoms with Gasteiger partial charge in [0.1, 0.15) is 5.82 Å². The second kappa shape index (κ2) is 5.67. The summed E-state index contributed by atoms with van der Waals surface area (Å²) in [6.07, 6.45) is 0. The predicted octanol–water partition coefficient (Wildman–Crippen LogP) is 3.75. The summed E-state index contributed by atoms with van der Waals surface area (Å²) in [5.74, 6) is -0.398. The Labute approximate surface area is 98.8 Å². The van der Waals surface area contributed by atoms with Crippen molar-refractivity contribution in [2.45, 2.75) is 10.4 Å². The molecule has 1 nitrogen and oxygen atoms in total. The van der Waals surface area contributed by atoms with Crippen LogP contribution in [0.4, 0.5) is 23.2 Å². The normalized spacial score (nSPS) is 11.8. The molecule has 0 aromatic heterocycles. The van der Waals surface area contributed by atoms with Crippen LogP contribution in [0.15, 0.2) is 23.1 Å². The molecule has 7 heteroatoms. The maximum Gasteiger partial charge on any atom is 0.441 e. The van der Waals surface area contributed by atoms with Crippen molar-refractivity contribution in [1.29, 1.82) is 0 Å². The highest BCUT2D eigenvalue weighted by Crippen LogP contribution is 2.32. The molecular weight excluding hydrogens is 262 g/mol. The minimum Gasteiger partial charge on any atom is -0.399 e. The summed E-state index contributed by atoms with van der Waals surface area (Å²) in [5.41, 5.74) is 1.41. The van der Waals surface area contributed by atoms with Crippen molar-refractivity contribution in [3.63, 3.8) is 0 Å². The van der Waals surface area contributed by atoms with E-state index < -0.39 is 11.3 Å². The Balaban J connectivity index is 2.38. The molecule has 0 amide bonds. The standard InChI is InChI=1S/C9H9F4NS2/c10-7-5-6(14)1-2-8(7)15-3-4-16-9(11,12)13/h1-2,5H,3-4,14H2. The second-order valence-electron chi connectivity index (χ2n) is 2.83. The molecule has 16 heavy (non-hydrogen) atoms. The van der Waals surface area contributed by atoms with Crippen molar-refractivity contribution in [3.8, 4) is 0 Å². The van der Waals surface area contributed by atoms with Crippen LogP contribution in [0, 0.1) is 5.82 Å². The molecule has 0 radical (unpaired) electrons. The van der Waals surface area contributed by atoms with Gasteiger partial charge in [0.15, 0.2) is 0 Å². The number of alkyl halides is 3. The zero-order valence-electron chi connectivity index (χ0n) is 8.05. The minimum atomic E-state index is -4.22. The maximum atomic E-state index is 13.2. The molecule has 0 fully saturated rings. The first kappa shape index (κ1) is 13.5. The van der Waals surface area contributed by atoms with E-state index in [1.807, 2.05) is 0 Å². The van der Waals surface area contributed by atoms with Gasteiger partial charge in [-0.3, -0.25) is 0 Å². The van der Waals surface area contributed by atoms with E-state index in [4.69, 9.17) is 5.73 Å². The van der Waals surface area contributed by atoms with E-state index in [1.54, 1.807) is 0 Å². The van der Waals surface area contributed by atoms with Gasteiger partial charge in [-0.1, -0.05) is 11.8 Å². The summed E-state index contributed by atoms with van der Waals surface area (Å²) in [6, 6.07) is 4.13. The number of anilines is 1. The number of rotatable bonds is 4. The number of thioether (sulfide) groups is 2. The molecule has 0 unspecified atom stereocenters. The van der Waals surface area contributed by atoms with Gasteiger partial charge in [-0.2, -0.15) is 13.2 Å². The maximum absolute atomic E-state index is 13.2. The molecule has 0 saturated heterocycles. The third kappa shape index (κ3) is 4.98. The number of nitrogen functional groups attached to an aromatic ring is 1. The lowest BCUT2D eigenvalue weighted by atomic mass is 10.3. The summed E-state index contributed by atoms with van der Waals surface area (Å²) < 4.78 is 48.5. The van der Waals surface area contributed by atoms with Gasteiger partial charge in [-0.25, -0.2) is 4.39 Å². The number of nitrogens with two attached hydrogens (primary N) is 1. The smallest absolute Gasteiger partial charge is 0.399 e. The van der Waals surface area contributed by atoms with E-state index in [1.165, 1.54) is 12.1 Å². The van der Waals surface area contributed by atoms with Crippen LogP contribution in [0.5, 0.6) is 0 Å². The monoisotopic (exact) mass is 271 g/mol. The van der Waals surface area contributed by atoms with Crippen molar-refractivity contribution in [1.82, 2.24) is 0 Å². The number of halogens is 4. The predicted molar refractivity (Wildman–Crippen MR) is 60.0 cm³/mol. The lowest BCUT2D eigenvalue weighted by molar-refractivity contribution is -0.0326.